The second-order valence-corrected chi connectivity index (χ2v) is 14.2. The number of hydrogen-bond donors (Lipinski definition) is 0. The van der Waals surface area contributed by atoms with Crippen molar-refractivity contribution in [2.45, 2.75) is 26.3 Å². The molecule has 4 heteroatoms. The lowest BCUT2D eigenvalue weighted by molar-refractivity contribution is 1.04. The third kappa shape index (κ3) is 5.81. The predicted molar refractivity (Wildman–Crippen MR) is 104 cm³/mol. The minimum atomic E-state index is -2.62. The van der Waals surface area contributed by atoms with Crippen LogP contribution in [-0.4, -0.2) is 6.00 Å². The van der Waals surface area contributed by atoms with Gasteiger partial charge in [-0.1, -0.05) is 68.1 Å². The first-order chi connectivity index (χ1) is 10.3. The molecule has 1 atom stereocenters. The molecule has 118 valence electrons. The van der Waals surface area contributed by atoms with Crippen LogP contribution in [0.2, 0.25) is 0 Å². The Morgan fingerprint density at radius 3 is 1.82 bits per heavy atom. The lowest BCUT2D eigenvalue weighted by Gasteiger charge is -2.19. The third-order valence-electron chi connectivity index (χ3n) is 3.55. The van der Waals surface area contributed by atoms with E-state index in [-0.39, 0.29) is 5.54 Å². The molecule has 0 nitrogen and oxygen atoms in total. The van der Waals surface area contributed by atoms with Crippen molar-refractivity contribution in [3.8, 4) is 0 Å². The summed E-state index contributed by atoms with van der Waals surface area (Å²) in [5.74, 6) is 0. The highest BCUT2D eigenvalue weighted by Crippen LogP contribution is 2.37. The number of aryl methyl sites for hydroxylation is 2. The van der Waals surface area contributed by atoms with Gasteiger partial charge in [-0.3, -0.25) is 0 Å². The first-order valence-corrected chi connectivity index (χ1v) is 12.2. The van der Waals surface area contributed by atoms with Crippen molar-refractivity contribution >= 4 is 45.3 Å². The average Bonchev–Trinajstić information content (AvgIpc) is 2.47. The summed E-state index contributed by atoms with van der Waals surface area (Å²) in [6.07, 6.45) is 1.87. The van der Waals surface area contributed by atoms with Gasteiger partial charge in [0.1, 0.15) is 0 Å². The molecule has 0 amide bonds. The molecule has 0 saturated heterocycles. The molecule has 0 aromatic heterocycles. The Kier molecular flexibility index (Phi) is 7.71. The zero-order valence-electron chi connectivity index (χ0n) is 13.1. The van der Waals surface area contributed by atoms with Crippen molar-refractivity contribution in [3.63, 3.8) is 0 Å². The topological polar surface area (TPSA) is 0 Å². The van der Waals surface area contributed by atoms with E-state index >= 15 is 0 Å². The van der Waals surface area contributed by atoms with Crippen LogP contribution >= 0.6 is 33.2 Å². The Bertz CT molecular complexity index is 618. The summed E-state index contributed by atoms with van der Waals surface area (Å²) in [6.45, 7) is 9.78. The van der Waals surface area contributed by atoms with Crippen LogP contribution in [0.25, 0.3) is 6.08 Å². The quantitative estimate of drug-likeness (QED) is 0.405. The molecule has 0 bridgehead atoms. The van der Waals surface area contributed by atoms with Crippen LogP contribution < -0.4 is 0 Å². The number of rotatable bonds is 3. The highest BCUT2D eigenvalue weighted by Gasteiger charge is 2.34. The number of halogens is 3. The van der Waals surface area contributed by atoms with Crippen LogP contribution in [0.15, 0.2) is 55.1 Å². The zero-order valence-corrected chi connectivity index (χ0v) is 16.4. The second kappa shape index (κ2) is 8.78. The normalized spacial score (nSPS) is 12.1. The highest BCUT2D eigenvalue weighted by atomic mass is 35.8. The van der Waals surface area contributed by atoms with E-state index in [9.17, 15) is 0 Å². The van der Waals surface area contributed by atoms with Gasteiger partial charge >= 0.3 is 6.00 Å². The summed E-state index contributed by atoms with van der Waals surface area (Å²) < 4.78 is 0. The lowest BCUT2D eigenvalue weighted by Crippen LogP contribution is -2.21. The summed E-state index contributed by atoms with van der Waals surface area (Å²) in [5, 5.41) is 0. The summed E-state index contributed by atoms with van der Waals surface area (Å²) in [6, 6.07) is 13.6. The fraction of sp³-hybridized carbons (Fsp3) is 0.222. The molecule has 1 unspecified atom stereocenters. The van der Waals surface area contributed by atoms with Gasteiger partial charge in [-0.2, -0.15) is 0 Å². The maximum absolute atomic E-state index is 5.96. The van der Waals surface area contributed by atoms with Crippen LogP contribution in [0, 0.1) is 13.8 Å². The van der Waals surface area contributed by atoms with Crippen LogP contribution in [0.3, 0.4) is 0 Å². The first-order valence-electron chi connectivity index (χ1n) is 7.07. The highest BCUT2D eigenvalue weighted by molar-refractivity contribution is 7.65. The fourth-order valence-electron chi connectivity index (χ4n) is 2.06. The Morgan fingerprint density at radius 1 is 0.909 bits per heavy atom. The van der Waals surface area contributed by atoms with E-state index in [4.69, 9.17) is 33.2 Å². The van der Waals surface area contributed by atoms with Gasteiger partial charge in [0.05, 0.1) is 0 Å². The van der Waals surface area contributed by atoms with Gasteiger partial charge in [0.15, 0.2) is 0 Å². The smallest absolute Gasteiger partial charge is 0.125 e. The van der Waals surface area contributed by atoms with Crippen LogP contribution in [0.5, 0.6) is 0 Å². The molecule has 0 spiro atoms. The molecule has 0 aliphatic carbocycles. The van der Waals surface area contributed by atoms with Crippen molar-refractivity contribution < 1.29 is 0 Å². The molecule has 0 radical (unpaired) electrons. The maximum atomic E-state index is 5.96. The SMILES string of the molecule is C=Cc1ccccc1C.Cc1ccccc1C(C)[Si](Cl)(Cl)Cl. The number of benzene rings is 2. The predicted octanol–water partition coefficient (Wildman–Crippen LogP) is 6.93. The molecular formula is C18H21Cl3Si. The third-order valence-corrected chi connectivity index (χ3v) is 7.79. The van der Waals surface area contributed by atoms with Crippen molar-refractivity contribution in [2.24, 2.45) is 0 Å². The van der Waals surface area contributed by atoms with Gasteiger partial charge in [0, 0.05) is 5.54 Å². The van der Waals surface area contributed by atoms with Crippen LogP contribution in [0.1, 0.15) is 34.7 Å². The molecule has 22 heavy (non-hydrogen) atoms. The Morgan fingerprint density at radius 2 is 1.41 bits per heavy atom. The Balaban J connectivity index is 0.000000235. The molecule has 0 saturated carbocycles. The molecule has 2 rings (SSSR count). The first kappa shape index (κ1) is 19.3. The zero-order chi connectivity index (χ0) is 16.8. The molecule has 2 aromatic carbocycles. The fourth-order valence-corrected chi connectivity index (χ4v) is 3.80. The standard InChI is InChI=1S/C9H11Cl3Si.C9H10/c1-7-5-3-4-6-9(7)8(2)13(10,11)12;1-3-9-7-5-4-6-8(9)2/h3-6,8H,1-2H3;3-7H,1H2,2H3. The molecule has 0 aliphatic rings. The Hall–Kier alpha value is -0.733. The Labute approximate surface area is 148 Å². The lowest BCUT2D eigenvalue weighted by atomic mass is 10.1. The van der Waals surface area contributed by atoms with E-state index < -0.39 is 6.00 Å². The molecule has 0 N–H and O–H groups in total. The number of hydrogen-bond acceptors (Lipinski definition) is 0. The van der Waals surface area contributed by atoms with Gasteiger partial charge in [0.25, 0.3) is 0 Å². The largest absolute Gasteiger partial charge is 0.348 e. The van der Waals surface area contributed by atoms with Crippen LogP contribution in [-0.2, 0) is 0 Å². The van der Waals surface area contributed by atoms with Crippen molar-refractivity contribution in [2.75, 3.05) is 0 Å². The summed E-state index contributed by atoms with van der Waals surface area (Å²) in [7, 11) is 0. The molecule has 2 aromatic rings. The van der Waals surface area contributed by atoms with Gasteiger partial charge < -0.3 is 0 Å². The van der Waals surface area contributed by atoms with Gasteiger partial charge in [0.2, 0.25) is 0 Å². The van der Waals surface area contributed by atoms with E-state index in [2.05, 4.69) is 25.6 Å². The summed E-state index contributed by atoms with van der Waals surface area (Å²) >= 11 is 17.9. The van der Waals surface area contributed by atoms with Gasteiger partial charge in [-0.25, -0.2) is 0 Å². The van der Waals surface area contributed by atoms with Crippen molar-refractivity contribution in [1.82, 2.24) is 0 Å². The average molecular weight is 372 g/mol. The molecule has 0 aliphatic heterocycles. The molecule has 0 fully saturated rings. The van der Waals surface area contributed by atoms with E-state index in [1.165, 1.54) is 16.7 Å². The van der Waals surface area contributed by atoms with E-state index in [0.717, 1.165) is 5.56 Å². The van der Waals surface area contributed by atoms with Crippen LogP contribution in [0.4, 0.5) is 0 Å². The monoisotopic (exact) mass is 370 g/mol. The van der Waals surface area contributed by atoms with Gasteiger partial charge in [-0.15, -0.1) is 33.2 Å². The van der Waals surface area contributed by atoms with Crippen molar-refractivity contribution in [3.05, 3.63) is 77.4 Å². The van der Waals surface area contributed by atoms with E-state index in [0.29, 0.717) is 0 Å². The summed E-state index contributed by atoms with van der Waals surface area (Å²) in [4.78, 5) is 0. The van der Waals surface area contributed by atoms with Crippen molar-refractivity contribution in [1.29, 1.82) is 0 Å². The second-order valence-electron chi connectivity index (χ2n) is 5.18. The summed E-state index contributed by atoms with van der Waals surface area (Å²) in [5.41, 5.74) is 4.90. The molecular weight excluding hydrogens is 351 g/mol. The van der Waals surface area contributed by atoms with E-state index in [1.54, 1.807) is 0 Å². The maximum Gasteiger partial charge on any atom is 0.348 e. The minimum Gasteiger partial charge on any atom is -0.125 e. The molecule has 0 heterocycles. The minimum absolute atomic E-state index is 0.0544. The van der Waals surface area contributed by atoms with E-state index in [1.807, 2.05) is 56.3 Å². The van der Waals surface area contributed by atoms with Gasteiger partial charge in [-0.05, 0) is 36.1 Å².